The van der Waals surface area contributed by atoms with Gasteiger partial charge < -0.3 is 0 Å². The summed E-state index contributed by atoms with van der Waals surface area (Å²) in [6.45, 7) is -2.72. The molecule has 0 unspecified atom stereocenters. The van der Waals surface area contributed by atoms with Crippen LogP contribution >= 0.6 is 23.2 Å². The van der Waals surface area contributed by atoms with Gasteiger partial charge in [-0.2, -0.15) is 0 Å². The molecule has 0 N–H and O–H groups in total. The second kappa shape index (κ2) is 9.69. The van der Waals surface area contributed by atoms with E-state index in [4.69, 9.17) is 23.2 Å². The molecule has 1 fully saturated rings. The highest BCUT2D eigenvalue weighted by atomic mass is 35.5. The van der Waals surface area contributed by atoms with Gasteiger partial charge in [0.05, 0.1) is 13.1 Å². The van der Waals surface area contributed by atoms with E-state index < -0.39 is 62.0 Å². The van der Waals surface area contributed by atoms with Crippen LogP contribution in [-0.4, -0.2) is 52.6 Å². The number of barbiturate groups is 1. The number of carbonyl (C=O) groups is 3. The Hall–Kier alpha value is -2.65. The quantitative estimate of drug-likeness (QED) is 0.365. The minimum atomic E-state index is -3.58. The molecule has 5 nitrogen and oxygen atoms in total. The van der Waals surface area contributed by atoms with E-state index in [9.17, 15) is 31.9 Å². The Morgan fingerprint density at radius 3 is 1.48 bits per heavy atom. The number of alkyl halides is 4. The van der Waals surface area contributed by atoms with E-state index in [1.54, 1.807) is 0 Å². The molecule has 0 bridgehead atoms. The second-order valence-corrected chi connectivity index (χ2v) is 8.62. The van der Waals surface area contributed by atoms with Crippen molar-refractivity contribution in [3.63, 3.8) is 0 Å². The van der Waals surface area contributed by atoms with Gasteiger partial charge in [-0.05, 0) is 35.4 Å². The smallest absolute Gasteiger partial charge is 0.274 e. The molecule has 2 aromatic carbocycles. The van der Waals surface area contributed by atoms with Crippen LogP contribution in [0.15, 0.2) is 48.5 Å². The Morgan fingerprint density at radius 2 is 1.12 bits per heavy atom. The summed E-state index contributed by atoms with van der Waals surface area (Å²) in [6.07, 6.45) is -2.65. The highest BCUT2D eigenvalue weighted by Crippen LogP contribution is 2.28. The SMILES string of the molecule is O=C1CC(=O)N(CC(F)(F)Cc2cccc(Cl)c2)C(=O)N1CC(F)(F)Cc1cccc(Cl)c1. The minimum absolute atomic E-state index is 0.140. The number of urea groups is 1. The minimum Gasteiger partial charge on any atom is -0.274 e. The van der Waals surface area contributed by atoms with Gasteiger partial charge in [0.1, 0.15) is 6.42 Å². The van der Waals surface area contributed by atoms with E-state index >= 15 is 0 Å². The summed E-state index contributed by atoms with van der Waals surface area (Å²) in [5, 5.41) is 0.458. The second-order valence-electron chi connectivity index (χ2n) is 7.74. The van der Waals surface area contributed by atoms with Crippen molar-refractivity contribution in [2.45, 2.75) is 31.1 Å². The first-order chi connectivity index (χ1) is 15.3. The Balaban J connectivity index is 1.73. The molecule has 1 heterocycles. The monoisotopic (exact) mass is 504 g/mol. The van der Waals surface area contributed by atoms with Gasteiger partial charge in [0.2, 0.25) is 11.8 Å². The molecule has 0 aliphatic carbocycles. The first kappa shape index (κ1) is 25.0. The van der Waals surface area contributed by atoms with E-state index in [-0.39, 0.29) is 31.0 Å². The number of hydrogen-bond acceptors (Lipinski definition) is 3. The number of rotatable bonds is 8. The molecule has 3 rings (SSSR count). The lowest BCUT2D eigenvalue weighted by molar-refractivity contribution is -0.149. The van der Waals surface area contributed by atoms with Gasteiger partial charge in [-0.3, -0.25) is 19.4 Å². The van der Waals surface area contributed by atoms with Gasteiger partial charge in [-0.25, -0.2) is 22.4 Å². The van der Waals surface area contributed by atoms with Gasteiger partial charge in [-0.1, -0.05) is 47.5 Å². The first-order valence-corrected chi connectivity index (χ1v) is 10.5. The molecule has 0 atom stereocenters. The van der Waals surface area contributed by atoms with Crippen LogP contribution in [0, 0.1) is 0 Å². The molecular weight excluding hydrogens is 487 g/mol. The fourth-order valence-corrected chi connectivity index (χ4v) is 3.88. The van der Waals surface area contributed by atoms with Crippen LogP contribution in [0.1, 0.15) is 17.5 Å². The van der Waals surface area contributed by atoms with Crippen LogP contribution in [0.3, 0.4) is 0 Å². The van der Waals surface area contributed by atoms with Crippen molar-refractivity contribution in [2.24, 2.45) is 0 Å². The van der Waals surface area contributed by atoms with Crippen LogP contribution in [0.2, 0.25) is 10.0 Å². The van der Waals surface area contributed by atoms with Crippen molar-refractivity contribution in [3.05, 3.63) is 69.7 Å². The Bertz CT molecular complexity index is 1000. The Labute approximate surface area is 196 Å². The normalized spacial score (nSPS) is 15.4. The largest absolute Gasteiger partial charge is 0.333 e. The van der Waals surface area contributed by atoms with E-state index in [0.717, 1.165) is 0 Å². The Morgan fingerprint density at radius 1 is 0.727 bits per heavy atom. The van der Waals surface area contributed by atoms with Crippen molar-refractivity contribution in [1.82, 2.24) is 9.80 Å². The molecule has 176 valence electrons. The number of amides is 4. The van der Waals surface area contributed by atoms with Crippen molar-refractivity contribution in [2.75, 3.05) is 13.1 Å². The van der Waals surface area contributed by atoms with Crippen LogP contribution in [0.25, 0.3) is 0 Å². The first-order valence-electron chi connectivity index (χ1n) is 9.74. The highest BCUT2D eigenvalue weighted by molar-refractivity contribution is 6.30. The molecule has 1 aliphatic rings. The molecule has 0 aromatic heterocycles. The maximum absolute atomic E-state index is 14.6. The number of carbonyl (C=O) groups excluding carboxylic acids is 3. The summed E-state index contributed by atoms with van der Waals surface area (Å²) in [7, 11) is 0. The van der Waals surface area contributed by atoms with Crippen molar-refractivity contribution < 1.29 is 31.9 Å². The molecule has 2 aromatic rings. The topological polar surface area (TPSA) is 57.7 Å². The lowest BCUT2D eigenvalue weighted by Gasteiger charge is -2.36. The van der Waals surface area contributed by atoms with Gasteiger partial charge in [0.15, 0.2) is 0 Å². The van der Waals surface area contributed by atoms with Crippen LogP contribution in [0.4, 0.5) is 22.4 Å². The molecule has 4 amide bonds. The fourth-order valence-electron chi connectivity index (χ4n) is 3.46. The number of benzene rings is 2. The van der Waals surface area contributed by atoms with Crippen LogP contribution in [-0.2, 0) is 22.4 Å². The standard InChI is InChI=1S/C22H18Cl2F4N2O3/c23-16-5-1-3-14(7-16)10-21(25,26)12-29-18(31)9-19(32)30(20(29)33)13-22(27,28)11-15-4-2-6-17(24)8-15/h1-8H,9-13H2. The summed E-state index contributed by atoms with van der Waals surface area (Å²) in [5.74, 6) is -9.51. The average molecular weight is 505 g/mol. The zero-order chi connectivity index (χ0) is 24.4. The third-order valence-electron chi connectivity index (χ3n) is 4.85. The highest BCUT2D eigenvalue weighted by Gasteiger charge is 2.46. The predicted octanol–water partition coefficient (Wildman–Crippen LogP) is 5.23. The molecule has 1 saturated heterocycles. The fraction of sp³-hybridized carbons (Fsp3) is 0.318. The van der Waals surface area contributed by atoms with Gasteiger partial charge in [0.25, 0.3) is 11.8 Å². The molecule has 0 spiro atoms. The summed E-state index contributed by atoms with van der Waals surface area (Å²) >= 11 is 11.6. The lowest BCUT2D eigenvalue weighted by Crippen LogP contribution is -2.60. The average Bonchev–Trinajstić information content (AvgIpc) is 2.68. The third kappa shape index (κ3) is 6.68. The van der Waals surface area contributed by atoms with E-state index in [1.165, 1.54) is 48.5 Å². The van der Waals surface area contributed by atoms with E-state index in [1.807, 2.05) is 0 Å². The molecule has 33 heavy (non-hydrogen) atoms. The lowest BCUT2D eigenvalue weighted by atomic mass is 10.1. The predicted molar refractivity (Wildman–Crippen MR) is 114 cm³/mol. The Kier molecular flexibility index (Phi) is 7.33. The summed E-state index contributed by atoms with van der Waals surface area (Å²) in [6, 6.07) is 9.82. The molecule has 0 saturated carbocycles. The zero-order valence-electron chi connectivity index (χ0n) is 17.0. The molecular formula is C22H18Cl2F4N2O3. The van der Waals surface area contributed by atoms with Crippen LogP contribution in [0.5, 0.6) is 0 Å². The maximum Gasteiger partial charge on any atom is 0.333 e. The van der Waals surface area contributed by atoms with Crippen molar-refractivity contribution in [1.29, 1.82) is 0 Å². The van der Waals surface area contributed by atoms with Gasteiger partial charge in [0, 0.05) is 22.9 Å². The summed E-state index contributed by atoms with van der Waals surface area (Å²) in [4.78, 5) is 37.2. The molecule has 11 heteroatoms. The zero-order valence-corrected chi connectivity index (χ0v) is 18.6. The molecule has 1 aliphatic heterocycles. The van der Waals surface area contributed by atoms with Crippen molar-refractivity contribution >= 4 is 41.0 Å². The maximum atomic E-state index is 14.6. The van der Waals surface area contributed by atoms with Crippen molar-refractivity contribution in [3.8, 4) is 0 Å². The van der Waals surface area contributed by atoms with Crippen LogP contribution < -0.4 is 0 Å². The number of nitrogens with zero attached hydrogens (tertiary/aromatic N) is 2. The molecule has 0 radical (unpaired) electrons. The summed E-state index contributed by atoms with van der Waals surface area (Å²) < 4.78 is 58.4. The van der Waals surface area contributed by atoms with Gasteiger partial charge in [-0.15, -0.1) is 0 Å². The number of hydrogen-bond donors (Lipinski definition) is 0. The third-order valence-corrected chi connectivity index (χ3v) is 5.32. The van der Waals surface area contributed by atoms with E-state index in [0.29, 0.717) is 0 Å². The van der Waals surface area contributed by atoms with Gasteiger partial charge >= 0.3 is 6.03 Å². The van der Waals surface area contributed by atoms with E-state index in [2.05, 4.69) is 0 Å². The number of halogens is 6. The summed E-state index contributed by atoms with van der Waals surface area (Å²) in [5.41, 5.74) is 0.316. The number of imide groups is 2.